The molecule has 0 aromatic heterocycles. The van der Waals surface area contributed by atoms with E-state index in [1.54, 1.807) is 18.9 Å². The molecule has 0 aliphatic heterocycles. The molecule has 3 nitrogen and oxygen atoms in total. The van der Waals surface area contributed by atoms with Crippen molar-refractivity contribution in [1.82, 2.24) is 4.90 Å². The molecular weight excluding hydrogens is 314 g/mol. The van der Waals surface area contributed by atoms with Crippen LogP contribution in [0.15, 0.2) is 35.2 Å². The number of halogens is 1. The van der Waals surface area contributed by atoms with Gasteiger partial charge in [0.15, 0.2) is 0 Å². The minimum atomic E-state index is 0.153. The van der Waals surface area contributed by atoms with E-state index in [-0.39, 0.29) is 5.91 Å². The van der Waals surface area contributed by atoms with E-state index in [1.165, 1.54) is 0 Å². The third-order valence-electron chi connectivity index (χ3n) is 2.38. The van der Waals surface area contributed by atoms with Crippen molar-refractivity contribution >= 4 is 33.6 Å². The number of hydrogen-bond donors (Lipinski definition) is 0. The Labute approximate surface area is 121 Å². The average molecular weight is 332 g/mol. The van der Waals surface area contributed by atoms with Crippen molar-refractivity contribution in [2.24, 2.45) is 0 Å². The van der Waals surface area contributed by atoms with Crippen molar-refractivity contribution in [3.8, 4) is 0 Å². The van der Waals surface area contributed by atoms with Gasteiger partial charge in [0.25, 0.3) is 0 Å². The number of carbonyl (C=O) groups excluding carboxylic acids is 1. The van der Waals surface area contributed by atoms with Gasteiger partial charge in [0.2, 0.25) is 5.91 Å². The highest BCUT2D eigenvalue weighted by atomic mass is 79.9. The van der Waals surface area contributed by atoms with Crippen molar-refractivity contribution in [3.63, 3.8) is 0 Å². The summed E-state index contributed by atoms with van der Waals surface area (Å²) in [5, 5.41) is 0.790. The number of carbonyl (C=O) groups is 1. The molecule has 18 heavy (non-hydrogen) atoms. The predicted molar refractivity (Wildman–Crippen MR) is 79.4 cm³/mol. The van der Waals surface area contributed by atoms with Crippen molar-refractivity contribution in [3.05, 3.63) is 30.3 Å². The summed E-state index contributed by atoms with van der Waals surface area (Å²) in [4.78, 5) is 15.0. The van der Waals surface area contributed by atoms with E-state index in [9.17, 15) is 4.79 Å². The number of methoxy groups -OCH3 is 1. The third kappa shape index (κ3) is 5.89. The molecule has 0 atom stereocenters. The molecule has 0 aliphatic rings. The van der Waals surface area contributed by atoms with Crippen LogP contribution in [0.4, 0.5) is 0 Å². The lowest BCUT2D eigenvalue weighted by atomic mass is 10.4. The molecule has 0 N–H and O–H groups in total. The summed E-state index contributed by atoms with van der Waals surface area (Å²) in [6.07, 6.45) is 0. The van der Waals surface area contributed by atoms with Crippen molar-refractivity contribution < 1.29 is 9.53 Å². The summed E-state index contributed by atoms with van der Waals surface area (Å²) in [5.74, 6) is 0.626. The largest absolute Gasteiger partial charge is 0.383 e. The van der Waals surface area contributed by atoms with Crippen LogP contribution >= 0.6 is 27.7 Å². The van der Waals surface area contributed by atoms with E-state index in [0.29, 0.717) is 18.9 Å². The van der Waals surface area contributed by atoms with E-state index in [1.807, 2.05) is 35.2 Å². The summed E-state index contributed by atoms with van der Waals surface area (Å²) < 4.78 is 5.02. The van der Waals surface area contributed by atoms with Crippen LogP contribution in [0.5, 0.6) is 0 Å². The number of nitrogens with zero attached hydrogens (tertiary/aromatic N) is 1. The Hall–Kier alpha value is -0.520. The molecule has 0 radical (unpaired) electrons. The van der Waals surface area contributed by atoms with Gasteiger partial charge in [-0.1, -0.05) is 34.1 Å². The molecule has 1 rings (SSSR count). The molecule has 0 aliphatic carbocycles. The van der Waals surface area contributed by atoms with Gasteiger partial charge in [-0.05, 0) is 12.1 Å². The lowest BCUT2D eigenvalue weighted by Gasteiger charge is -2.21. The van der Waals surface area contributed by atoms with Gasteiger partial charge in [0, 0.05) is 30.4 Å². The zero-order valence-electron chi connectivity index (χ0n) is 10.5. The fraction of sp³-hybridized carbons (Fsp3) is 0.462. The first kappa shape index (κ1) is 15.5. The Kier molecular flexibility index (Phi) is 8.13. The first-order valence-electron chi connectivity index (χ1n) is 5.78. The number of rotatable bonds is 8. The number of amides is 1. The zero-order valence-corrected chi connectivity index (χ0v) is 12.9. The van der Waals surface area contributed by atoms with E-state index in [4.69, 9.17) is 4.74 Å². The van der Waals surface area contributed by atoms with Gasteiger partial charge in [0.1, 0.15) is 0 Å². The predicted octanol–water partition coefficient (Wildman–Crippen LogP) is 2.65. The van der Waals surface area contributed by atoms with Gasteiger partial charge in [-0.3, -0.25) is 4.79 Å². The smallest absolute Gasteiger partial charge is 0.233 e. The number of benzene rings is 1. The van der Waals surface area contributed by atoms with Gasteiger partial charge < -0.3 is 9.64 Å². The van der Waals surface area contributed by atoms with Crippen LogP contribution in [-0.2, 0) is 9.53 Å². The minimum absolute atomic E-state index is 0.153. The first-order valence-corrected chi connectivity index (χ1v) is 7.89. The summed E-state index contributed by atoms with van der Waals surface area (Å²) >= 11 is 4.93. The van der Waals surface area contributed by atoms with Crippen LogP contribution in [-0.4, -0.2) is 48.7 Å². The monoisotopic (exact) mass is 331 g/mol. The third-order valence-corrected chi connectivity index (χ3v) is 3.73. The highest BCUT2D eigenvalue weighted by molar-refractivity contribution is 9.09. The number of ether oxygens (including phenoxy) is 1. The maximum atomic E-state index is 12.0. The van der Waals surface area contributed by atoms with E-state index >= 15 is 0 Å². The number of thioether (sulfide) groups is 1. The highest BCUT2D eigenvalue weighted by Gasteiger charge is 2.12. The first-order chi connectivity index (χ1) is 8.77. The fourth-order valence-corrected chi connectivity index (χ4v) is 2.67. The second kappa shape index (κ2) is 9.42. The Morgan fingerprint density at radius 2 is 2.06 bits per heavy atom. The van der Waals surface area contributed by atoms with Crippen LogP contribution in [0.2, 0.25) is 0 Å². The molecule has 0 unspecified atom stereocenters. The van der Waals surface area contributed by atoms with Gasteiger partial charge >= 0.3 is 0 Å². The van der Waals surface area contributed by atoms with Gasteiger partial charge in [-0.25, -0.2) is 0 Å². The topological polar surface area (TPSA) is 29.5 Å². The van der Waals surface area contributed by atoms with E-state index in [2.05, 4.69) is 15.9 Å². The Morgan fingerprint density at radius 1 is 1.33 bits per heavy atom. The van der Waals surface area contributed by atoms with Crippen LogP contribution < -0.4 is 0 Å². The second-order valence-electron chi connectivity index (χ2n) is 3.66. The quantitative estimate of drug-likeness (QED) is 0.541. The summed E-state index contributed by atoms with van der Waals surface area (Å²) in [6, 6.07) is 9.97. The average Bonchev–Trinajstić information content (AvgIpc) is 2.42. The summed E-state index contributed by atoms with van der Waals surface area (Å²) in [6.45, 7) is 1.95. The molecule has 0 heterocycles. The Morgan fingerprint density at radius 3 is 2.67 bits per heavy atom. The molecule has 0 saturated carbocycles. The van der Waals surface area contributed by atoms with Crippen molar-refractivity contribution in [1.29, 1.82) is 0 Å². The molecule has 0 fully saturated rings. The van der Waals surface area contributed by atoms with Crippen molar-refractivity contribution in [2.75, 3.05) is 37.9 Å². The molecule has 5 heteroatoms. The molecular formula is C13H18BrNO2S. The summed E-state index contributed by atoms with van der Waals surface area (Å²) in [5.41, 5.74) is 0. The summed E-state index contributed by atoms with van der Waals surface area (Å²) in [7, 11) is 1.65. The molecule has 1 amide bonds. The number of hydrogen-bond acceptors (Lipinski definition) is 3. The molecule has 100 valence electrons. The molecule has 0 bridgehead atoms. The zero-order chi connectivity index (χ0) is 13.2. The number of alkyl halides is 1. The Bertz CT molecular complexity index is 348. The standard InChI is InChI=1S/C13H18BrNO2S/c1-17-10-9-15(8-7-14)13(16)11-18-12-5-3-2-4-6-12/h2-6H,7-11H2,1H3. The fourth-order valence-electron chi connectivity index (χ4n) is 1.42. The van der Waals surface area contributed by atoms with Crippen molar-refractivity contribution in [2.45, 2.75) is 4.90 Å². The molecule has 0 spiro atoms. The maximum Gasteiger partial charge on any atom is 0.233 e. The van der Waals surface area contributed by atoms with E-state index < -0.39 is 0 Å². The van der Waals surface area contributed by atoms with Crippen LogP contribution in [0.25, 0.3) is 0 Å². The lowest BCUT2D eigenvalue weighted by molar-refractivity contribution is -0.128. The second-order valence-corrected chi connectivity index (χ2v) is 5.51. The van der Waals surface area contributed by atoms with Gasteiger partial charge in [-0.2, -0.15) is 0 Å². The molecule has 1 aromatic carbocycles. The Balaban J connectivity index is 2.40. The SMILES string of the molecule is COCCN(CCBr)C(=O)CSc1ccccc1. The van der Waals surface area contributed by atoms with Crippen LogP contribution in [0.3, 0.4) is 0 Å². The minimum Gasteiger partial charge on any atom is -0.383 e. The van der Waals surface area contributed by atoms with Crippen LogP contribution in [0.1, 0.15) is 0 Å². The highest BCUT2D eigenvalue weighted by Crippen LogP contribution is 2.17. The molecule has 1 aromatic rings. The van der Waals surface area contributed by atoms with E-state index in [0.717, 1.165) is 16.8 Å². The van der Waals surface area contributed by atoms with Crippen LogP contribution in [0, 0.1) is 0 Å². The normalized spacial score (nSPS) is 10.3. The molecule has 0 saturated heterocycles. The lowest BCUT2D eigenvalue weighted by Crippen LogP contribution is -2.36. The van der Waals surface area contributed by atoms with Gasteiger partial charge in [-0.15, -0.1) is 11.8 Å². The maximum absolute atomic E-state index is 12.0. The van der Waals surface area contributed by atoms with Gasteiger partial charge in [0.05, 0.1) is 12.4 Å².